The molecular formula is C18H40KO4P. The molecule has 0 aliphatic carbocycles. The first-order valence-electron chi connectivity index (χ1n) is 9.48. The molecule has 0 amide bonds. The SMILES string of the molecule is CCC(C)CCCCCC(CCCC(C)CC)COP(=O)(O)O.[KH]. The van der Waals surface area contributed by atoms with E-state index in [2.05, 4.69) is 27.7 Å². The summed E-state index contributed by atoms with van der Waals surface area (Å²) in [5, 5.41) is 0. The normalized spacial score (nSPS) is 15.6. The van der Waals surface area contributed by atoms with Gasteiger partial charge in [-0.1, -0.05) is 79.1 Å². The first-order chi connectivity index (χ1) is 10.8. The van der Waals surface area contributed by atoms with E-state index in [0.29, 0.717) is 0 Å². The summed E-state index contributed by atoms with van der Waals surface area (Å²) in [6, 6.07) is 0. The molecule has 0 aromatic carbocycles. The van der Waals surface area contributed by atoms with Crippen LogP contribution >= 0.6 is 7.82 Å². The van der Waals surface area contributed by atoms with E-state index in [1.807, 2.05) is 0 Å². The summed E-state index contributed by atoms with van der Waals surface area (Å²) >= 11 is 0. The van der Waals surface area contributed by atoms with Crippen molar-refractivity contribution in [3.63, 3.8) is 0 Å². The molecular weight excluding hydrogens is 350 g/mol. The fourth-order valence-electron chi connectivity index (χ4n) is 2.78. The van der Waals surface area contributed by atoms with Crippen molar-refractivity contribution in [2.75, 3.05) is 6.61 Å². The maximum atomic E-state index is 10.9. The van der Waals surface area contributed by atoms with E-state index in [9.17, 15) is 4.57 Å². The zero-order valence-corrected chi connectivity index (χ0v) is 16.6. The van der Waals surface area contributed by atoms with E-state index in [-0.39, 0.29) is 63.9 Å². The Hall–Kier alpha value is 1.75. The molecule has 0 aliphatic rings. The maximum absolute atomic E-state index is 10.9. The molecule has 0 spiro atoms. The Morgan fingerprint density at radius 1 is 0.833 bits per heavy atom. The Balaban J connectivity index is 0. The van der Waals surface area contributed by atoms with Gasteiger partial charge >= 0.3 is 59.2 Å². The van der Waals surface area contributed by atoms with Gasteiger partial charge < -0.3 is 9.79 Å². The van der Waals surface area contributed by atoms with E-state index in [1.54, 1.807) is 0 Å². The Bertz CT molecular complexity index is 322. The average molecular weight is 391 g/mol. The van der Waals surface area contributed by atoms with Crippen LogP contribution in [-0.4, -0.2) is 67.8 Å². The van der Waals surface area contributed by atoms with E-state index in [1.165, 1.54) is 38.5 Å². The Labute approximate surface area is 192 Å². The van der Waals surface area contributed by atoms with E-state index in [4.69, 9.17) is 14.3 Å². The van der Waals surface area contributed by atoms with Crippen LogP contribution in [0.25, 0.3) is 0 Å². The second-order valence-electron chi connectivity index (χ2n) is 7.25. The fourth-order valence-corrected chi connectivity index (χ4v) is 3.18. The quantitative estimate of drug-likeness (QED) is 0.227. The van der Waals surface area contributed by atoms with Gasteiger partial charge in [0, 0.05) is 0 Å². The van der Waals surface area contributed by atoms with Crippen LogP contribution in [0.4, 0.5) is 0 Å². The number of hydrogen-bond donors (Lipinski definition) is 2. The molecule has 0 bridgehead atoms. The van der Waals surface area contributed by atoms with Gasteiger partial charge in [0.1, 0.15) is 0 Å². The van der Waals surface area contributed by atoms with E-state index >= 15 is 0 Å². The second-order valence-corrected chi connectivity index (χ2v) is 8.49. The van der Waals surface area contributed by atoms with Gasteiger partial charge in [-0.05, 0) is 30.6 Å². The molecule has 0 radical (unpaired) electrons. The van der Waals surface area contributed by atoms with Gasteiger partial charge in [0.25, 0.3) is 0 Å². The third-order valence-corrected chi connectivity index (χ3v) is 5.48. The predicted molar refractivity (Wildman–Crippen MR) is 104 cm³/mol. The third-order valence-electron chi connectivity index (χ3n) is 4.99. The number of phosphoric acid groups is 1. The van der Waals surface area contributed by atoms with Crippen LogP contribution in [0.5, 0.6) is 0 Å². The van der Waals surface area contributed by atoms with Crippen molar-refractivity contribution in [2.45, 2.75) is 91.9 Å². The number of phosphoric ester groups is 1. The standard InChI is InChI=1S/C18H39O4P.K.H/c1-5-16(3)11-8-7-9-13-18(15-22-23(19,20)21)14-10-12-17(4)6-2;;/h16-18H,5-15H2,1-4H3,(H2,19,20,21);;. The van der Waals surface area contributed by atoms with Crippen LogP contribution < -0.4 is 0 Å². The van der Waals surface area contributed by atoms with Crippen molar-refractivity contribution in [2.24, 2.45) is 17.8 Å². The van der Waals surface area contributed by atoms with Crippen LogP contribution in [-0.2, 0) is 9.09 Å². The van der Waals surface area contributed by atoms with Crippen LogP contribution in [0.15, 0.2) is 0 Å². The zero-order valence-electron chi connectivity index (χ0n) is 15.7. The molecule has 2 N–H and O–H groups in total. The Morgan fingerprint density at radius 3 is 1.79 bits per heavy atom. The number of unbranched alkanes of at least 4 members (excludes halogenated alkanes) is 2. The molecule has 0 saturated heterocycles. The van der Waals surface area contributed by atoms with Crippen LogP contribution in [0, 0.1) is 17.8 Å². The van der Waals surface area contributed by atoms with Gasteiger partial charge in [0.15, 0.2) is 0 Å². The molecule has 0 fully saturated rings. The predicted octanol–water partition coefficient (Wildman–Crippen LogP) is 5.28. The molecule has 3 unspecified atom stereocenters. The number of rotatable bonds is 15. The molecule has 0 heterocycles. The van der Waals surface area contributed by atoms with Gasteiger partial charge in [0.2, 0.25) is 0 Å². The first kappa shape index (κ1) is 28.0. The molecule has 0 aliphatic heterocycles. The minimum atomic E-state index is -4.34. The summed E-state index contributed by atoms with van der Waals surface area (Å²) in [4.78, 5) is 17.8. The first-order valence-corrected chi connectivity index (χ1v) is 11.0. The summed E-state index contributed by atoms with van der Waals surface area (Å²) in [6.07, 6.45) is 11.7. The van der Waals surface area contributed by atoms with Crippen LogP contribution in [0.3, 0.4) is 0 Å². The summed E-state index contributed by atoms with van der Waals surface area (Å²) in [6.45, 7) is 9.19. The molecule has 4 nitrogen and oxygen atoms in total. The molecule has 142 valence electrons. The van der Waals surface area contributed by atoms with Crippen molar-refractivity contribution < 1.29 is 18.9 Å². The molecule has 0 rings (SSSR count). The van der Waals surface area contributed by atoms with Gasteiger partial charge in [-0.25, -0.2) is 4.57 Å². The van der Waals surface area contributed by atoms with Crippen molar-refractivity contribution in [1.82, 2.24) is 0 Å². The van der Waals surface area contributed by atoms with Crippen LogP contribution in [0.2, 0.25) is 0 Å². The van der Waals surface area contributed by atoms with Crippen molar-refractivity contribution in [3.05, 3.63) is 0 Å². The average Bonchev–Trinajstić information content (AvgIpc) is 2.50. The summed E-state index contributed by atoms with van der Waals surface area (Å²) in [7, 11) is -4.34. The molecule has 0 saturated carbocycles. The van der Waals surface area contributed by atoms with Crippen molar-refractivity contribution in [3.8, 4) is 0 Å². The topological polar surface area (TPSA) is 66.8 Å². The summed E-state index contributed by atoms with van der Waals surface area (Å²) in [5.74, 6) is 1.81. The monoisotopic (exact) mass is 390 g/mol. The van der Waals surface area contributed by atoms with E-state index in [0.717, 1.165) is 37.5 Å². The summed E-state index contributed by atoms with van der Waals surface area (Å²) < 4.78 is 15.7. The Kier molecular flexibility index (Phi) is 19.7. The van der Waals surface area contributed by atoms with E-state index < -0.39 is 7.82 Å². The Morgan fingerprint density at radius 2 is 1.29 bits per heavy atom. The fraction of sp³-hybridized carbons (Fsp3) is 1.00. The molecule has 3 atom stereocenters. The zero-order chi connectivity index (χ0) is 17.7. The molecule has 0 aromatic heterocycles. The van der Waals surface area contributed by atoms with Gasteiger partial charge in [-0.3, -0.25) is 4.52 Å². The second kappa shape index (κ2) is 16.9. The molecule has 0 aromatic rings. The summed E-state index contributed by atoms with van der Waals surface area (Å²) in [5.41, 5.74) is 0. The van der Waals surface area contributed by atoms with Gasteiger partial charge in [0.05, 0.1) is 6.61 Å². The van der Waals surface area contributed by atoms with Gasteiger partial charge in [-0.2, -0.15) is 0 Å². The van der Waals surface area contributed by atoms with Crippen LogP contribution in [0.1, 0.15) is 91.9 Å². The minimum absolute atomic E-state index is 0. The molecule has 6 heteroatoms. The van der Waals surface area contributed by atoms with Gasteiger partial charge in [-0.15, -0.1) is 0 Å². The number of hydrogen-bond acceptors (Lipinski definition) is 2. The van der Waals surface area contributed by atoms with Crippen molar-refractivity contribution in [1.29, 1.82) is 0 Å². The molecule has 24 heavy (non-hydrogen) atoms. The third kappa shape index (κ3) is 18.5. The van der Waals surface area contributed by atoms with Crippen molar-refractivity contribution >= 4 is 59.2 Å².